The van der Waals surface area contributed by atoms with Crippen molar-refractivity contribution in [1.82, 2.24) is 0 Å². The average molecular weight is 1190 g/mol. The van der Waals surface area contributed by atoms with E-state index in [-0.39, 0.29) is 5.41 Å². The maximum Gasteiger partial charge on any atom is 0.0540 e. The number of nitrogens with zero attached hydrogens (tertiary/aromatic N) is 3. The third-order valence-electron chi connectivity index (χ3n) is 18.6. The van der Waals surface area contributed by atoms with Crippen molar-refractivity contribution in [1.29, 1.82) is 0 Å². The molecular formula is C90H71N3. The zero-order valence-electron chi connectivity index (χ0n) is 52.7. The summed E-state index contributed by atoms with van der Waals surface area (Å²) in [5.41, 5.74) is 31.4. The molecule has 0 atom stereocenters. The average Bonchev–Trinajstić information content (AvgIpc) is 1.60. The summed E-state index contributed by atoms with van der Waals surface area (Å²) in [5, 5.41) is 0. The minimum atomic E-state index is -0.0759. The van der Waals surface area contributed by atoms with E-state index in [1.165, 1.54) is 94.6 Å². The van der Waals surface area contributed by atoms with Crippen molar-refractivity contribution < 1.29 is 0 Å². The second-order valence-electron chi connectivity index (χ2n) is 25.1. The summed E-state index contributed by atoms with van der Waals surface area (Å²) >= 11 is 0. The monoisotopic (exact) mass is 1190 g/mol. The zero-order valence-corrected chi connectivity index (χ0v) is 52.7. The molecule has 0 bridgehead atoms. The van der Waals surface area contributed by atoms with Gasteiger partial charge in [0.05, 0.1) is 5.69 Å². The standard InChI is InChI=1S/C90H71N3/c1-64-30-48-81(49-31-64)93(89-29-16-14-26-84(89)74-19-7-4-8-20-74)82-56-46-73(47-57-82)75-21-17-18-68(62-75)61-67-36-50-78(51-37-67)91(76-22-9-5-10-23-76)80-54-44-72(45-55-80)71-42-40-70(41-43-71)69-38-32-65(33-39-69)60-66-34-52-79(53-35-66)92(77-24-11-6-12-25-77)83-58-59-86-85-27-13-15-28-87(85)90(2,3)88(86)63-83/h4-59,62-63H,60-61H2,1-3H3. The molecule has 0 heterocycles. The van der Waals surface area contributed by atoms with Gasteiger partial charge in [0.15, 0.2) is 0 Å². The predicted molar refractivity (Wildman–Crippen MR) is 393 cm³/mol. The Morgan fingerprint density at radius 1 is 0.226 bits per heavy atom. The fourth-order valence-corrected chi connectivity index (χ4v) is 13.7. The van der Waals surface area contributed by atoms with Gasteiger partial charge < -0.3 is 14.7 Å². The zero-order chi connectivity index (χ0) is 62.7. The van der Waals surface area contributed by atoms with Gasteiger partial charge in [-0.25, -0.2) is 0 Å². The van der Waals surface area contributed by atoms with E-state index >= 15 is 0 Å². The maximum atomic E-state index is 2.40. The molecule has 0 unspecified atom stereocenters. The molecule has 0 saturated heterocycles. The van der Waals surface area contributed by atoms with Crippen molar-refractivity contribution in [3.05, 3.63) is 391 Å². The van der Waals surface area contributed by atoms with E-state index in [1.54, 1.807) is 0 Å². The van der Waals surface area contributed by atoms with Gasteiger partial charge in [-0.15, -0.1) is 0 Å². The number of fused-ring (bicyclic) bond motifs is 3. The van der Waals surface area contributed by atoms with Crippen LogP contribution in [-0.2, 0) is 18.3 Å². The minimum Gasteiger partial charge on any atom is -0.311 e. The molecule has 0 radical (unpaired) electrons. The molecular weight excluding hydrogens is 1120 g/mol. The van der Waals surface area contributed by atoms with Crippen LogP contribution in [0.2, 0.25) is 0 Å². The van der Waals surface area contributed by atoms with Gasteiger partial charge in [-0.05, 0) is 206 Å². The van der Waals surface area contributed by atoms with Gasteiger partial charge >= 0.3 is 0 Å². The van der Waals surface area contributed by atoms with Crippen molar-refractivity contribution in [3.8, 4) is 55.6 Å². The highest BCUT2D eigenvalue weighted by Gasteiger charge is 2.36. The Hall–Kier alpha value is -11.5. The molecule has 446 valence electrons. The van der Waals surface area contributed by atoms with E-state index in [9.17, 15) is 0 Å². The van der Waals surface area contributed by atoms with Gasteiger partial charge in [0.2, 0.25) is 0 Å². The molecule has 0 amide bonds. The first-order valence-electron chi connectivity index (χ1n) is 32.4. The van der Waals surface area contributed by atoms with Gasteiger partial charge in [-0.1, -0.05) is 268 Å². The summed E-state index contributed by atoms with van der Waals surface area (Å²) in [7, 11) is 0. The van der Waals surface area contributed by atoms with E-state index in [0.29, 0.717) is 0 Å². The summed E-state index contributed by atoms with van der Waals surface area (Å²) in [4.78, 5) is 7.10. The molecule has 0 spiro atoms. The van der Waals surface area contributed by atoms with Crippen LogP contribution in [0.15, 0.2) is 352 Å². The Morgan fingerprint density at radius 2 is 0.581 bits per heavy atom. The fourth-order valence-electron chi connectivity index (χ4n) is 13.7. The Balaban J connectivity index is 0.605. The number of anilines is 9. The molecule has 14 aromatic rings. The molecule has 0 saturated carbocycles. The van der Waals surface area contributed by atoms with E-state index < -0.39 is 0 Å². The molecule has 3 nitrogen and oxygen atoms in total. The molecule has 0 aliphatic heterocycles. The normalized spacial score (nSPS) is 12.0. The quantitative estimate of drug-likeness (QED) is 0.0900. The van der Waals surface area contributed by atoms with Crippen LogP contribution in [0.3, 0.4) is 0 Å². The first-order chi connectivity index (χ1) is 45.7. The maximum absolute atomic E-state index is 2.40. The van der Waals surface area contributed by atoms with Gasteiger partial charge in [0.25, 0.3) is 0 Å². The first kappa shape index (κ1) is 57.9. The van der Waals surface area contributed by atoms with E-state index in [0.717, 1.165) is 64.0 Å². The van der Waals surface area contributed by atoms with Crippen LogP contribution in [0.5, 0.6) is 0 Å². The number of rotatable bonds is 17. The van der Waals surface area contributed by atoms with E-state index in [4.69, 9.17) is 0 Å². The van der Waals surface area contributed by atoms with Gasteiger partial charge in [-0.3, -0.25) is 0 Å². The van der Waals surface area contributed by atoms with Crippen LogP contribution < -0.4 is 14.7 Å². The van der Waals surface area contributed by atoms with Crippen molar-refractivity contribution in [3.63, 3.8) is 0 Å². The molecule has 0 fully saturated rings. The van der Waals surface area contributed by atoms with Crippen LogP contribution in [-0.4, -0.2) is 0 Å². The number of para-hydroxylation sites is 3. The smallest absolute Gasteiger partial charge is 0.0540 e. The van der Waals surface area contributed by atoms with Gasteiger partial charge in [-0.2, -0.15) is 0 Å². The Kier molecular flexibility index (Phi) is 15.8. The van der Waals surface area contributed by atoms with Crippen molar-refractivity contribution in [2.75, 3.05) is 14.7 Å². The molecule has 0 N–H and O–H groups in total. The molecule has 14 aromatic carbocycles. The molecule has 1 aliphatic carbocycles. The summed E-state index contributed by atoms with van der Waals surface area (Å²) in [6, 6.07) is 129. The van der Waals surface area contributed by atoms with Crippen molar-refractivity contribution in [2.24, 2.45) is 0 Å². The fraction of sp³-hybridized carbons (Fsp3) is 0.0667. The SMILES string of the molecule is Cc1ccc(N(c2ccc(-c3cccc(Cc4ccc(N(c5ccccc5)c5ccc(-c6ccc(-c7ccc(Cc8ccc(N(c9ccccc9)c9ccc%10c(c9)C(C)(C)c9ccccc9-%10)cc8)cc7)cc6)cc5)cc4)c3)cc2)c2ccccc2-c2ccccc2)cc1. The lowest BCUT2D eigenvalue weighted by molar-refractivity contribution is 0.660. The third kappa shape index (κ3) is 12.0. The van der Waals surface area contributed by atoms with Gasteiger partial charge in [0, 0.05) is 56.5 Å². The Labute approximate surface area is 548 Å². The highest BCUT2D eigenvalue weighted by Crippen LogP contribution is 2.51. The second-order valence-corrected chi connectivity index (χ2v) is 25.1. The number of benzene rings is 14. The molecule has 93 heavy (non-hydrogen) atoms. The Morgan fingerprint density at radius 3 is 1.13 bits per heavy atom. The minimum absolute atomic E-state index is 0.0759. The molecule has 0 aromatic heterocycles. The lowest BCUT2D eigenvalue weighted by Crippen LogP contribution is -2.16. The summed E-state index contributed by atoms with van der Waals surface area (Å²) in [5.74, 6) is 0. The lowest BCUT2D eigenvalue weighted by Gasteiger charge is -2.28. The van der Waals surface area contributed by atoms with Gasteiger partial charge in [0.1, 0.15) is 0 Å². The predicted octanol–water partition coefficient (Wildman–Crippen LogP) is 24.6. The summed E-state index contributed by atoms with van der Waals surface area (Å²) in [6.07, 6.45) is 1.68. The molecule has 15 rings (SSSR count). The highest BCUT2D eigenvalue weighted by atomic mass is 15.2. The van der Waals surface area contributed by atoms with Crippen LogP contribution >= 0.6 is 0 Å². The first-order valence-corrected chi connectivity index (χ1v) is 32.4. The van der Waals surface area contributed by atoms with Crippen LogP contribution in [0.25, 0.3) is 55.6 Å². The molecule has 1 aliphatic rings. The largest absolute Gasteiger partial charge is 0.311 e. The molecule has 3 heteroatoms. The third-order valence-corrected chi connectivity index (χ3v) is 18.6. The Bertz CT molecular complexity index is 4870. The summed E-state index contributed by atoms with van der Waals surface area (Å²) in [6.45, 7) is 6.84. The van der Waals surface area contributed by atoms with Crippen molar-refractivity contribution in [2.45, 2.75) is 39.0 Å². The number of hydrogen-bond acceptors (Lipinski definition) is 3. The van der Waals surface area contributed by atoms with Crippen LogP contribution in [0, 0.1) is 6.92 Å². The van der Waals surface area contributed by atoms with Crippen LogP contribution in [0.1, 0.15) is 52.8 Å². The lowest BCUT2D eigenvalue weighted by atomic mass is 9.82. The highest BCUT2D eigenvalue weighted by molar-refractivity contribution is 5.90. The van der Waals surface area contributed by atoms with E-state index in [2.05, 4.69) is 387 Å². The summed E-state index contributed by atoms with van der Waals surface area (Å²) < 4.78 is 0. The van der Waals surface area contributed by atoms with Crippen molar-refractivity contribution >= 4 is 51.2 Å². The topological polar surface area (TPSA) is 9.72 Å². The number of hydrogen-bond donors (Lipinski definition) is 0. The van der Waals surface area contributed by atoms with E-state index in [1.807, 2.05) is 0 Å². The second kappa shape index (κ2) is 25.4. The number of aryl methyl sites for hydroxylation is 1. The van der Waals surface area contributed by atoms with Crippen LogP contribution in [0.4, 0.5) is 51.2 Å².